The van der Waals surface area contributed by atoms with Crippen LogP contribution in [0.1, 0.15) is 24.2 Å². The highest BCUT2D eigenvalue weighted by Crippen LogP contribution is 2.35. The number of nitrogens with one attached hydrogen (secondary N) is 1. The first-order valence-electron chi connectivity index (χ1n) is 13.1. The molecule has 0 saturated carbocycles. The van der Waals surface area contributed by atoms with Gasteiger partial charge in [0, 0.05) is 28.7 Å². The Balaban J connectivity index is 1.57. The lowest BCUT2D eigenvalue weighted by molar-refractivity contribution is 0.409. The van der Waals surface area contributed by atoms with Crippen molar-refractivity contribution in [2.45, 2.75) is 19.5 Å². The van der Waals surface area contributed by atoms with Crippen LogP contribution in [-0.2, 0) is 17.8 Å². The number of nitrogens with zero attached hydrogens (tertiary/aromatic N) is 5. The third-order valence-electron chi connectivity index (χ3n) is 7.22. The Morgan fingerprint density at radius 1 is 1.05 bits per heavy atom. The van der Waals surface area contributed by atoms with Crippen LogP contribution in [0.4, 0.5) is 5.82 Å². The van der Waals surface area contributed by atoms with Crippen LogP contribution in [0, 0.1) is 0 Å². The number of aromatic nitrogens is 5. The minimum atomic E-state index is -2.20. The summed E-state index contributed by atoms with van der Waals surface area (Å²) in [6.07, 6.45) is 1.39. The first kappa shape index (κ1) is 27.3. The molecule has 3 aromatic heterocycles. The number of nitrogen functional groups attached to an aromatic ring is 1. The molecule has 0 aliphatic rings. The zero-order valence-electron chi connectivity index (χ0n) is 22.8. The van der Waals surface area contributed by atoms with Gasteiger partial charge >= 0.3 is 0 Å². The second kappa shape index (κ2) is 11.2. The number of rotatable bonds is 8. The van der Waals surface area contributed by atoms with Crippen LogP contribution in [-0.4, -0.2) is 40.2 Å². The fourth-order valence-electron chi connectivity index (χ4n) is 5.23. The molecule has 6 aromatic rings. The van der Waals surface area contributed by atoms with E-state index in [4.69, 9.17) is 15.6 Å². The molecule has 42 heavy (non-hydrogen) atoms. The quantitative estimate of drug-likeness (QED) is 0.226. The maximum Gasteiger partial charge on any atom is 0.263 e. The average Bonchev–Trinajstić information content (AvgIpc) is 3.41. The summed E-state index contributed by atoms with van der Waals surface area (Å²) in [5.74, 6) is 0.792. The molecular formula is C30H27N7O4S. The summed E-state index contributed by atoms with van der Waals surface area (Å²) in [6.45, 7) is 2.04. The van der Waals surface area contributed by atoms with E-state index in [1.54, 1.807) is 15.3 Å². The molecule has 212 valence electrons. The van der Waals surface area contributed by atoms with Gasteiger partial charge in [0.2, 0.25) is 11.3 Å². The summed E-state index contributed by atoms with van der Waals surface area (Å²) >= 11 is -2.20. The lowest BCUT2D eigenvalue weighted by Crippen LogP contribution is -2.25. The molecular weight excluding hydrogens is 554 g/mol. The van der Waals surface area contributed by atoms with Crippen molar-refractivity contribution in [1.29, 1.82) is 0 Å². The summed E-state index contributed by atoms with van der Waals surface area (Å²) < 4.78 is 31.9. The van der Waals surface area contributed by atoms with Crippen molar-refractivity contribution >= 4 is 38.9 Å². The number of para-hydroxylation sites is 1. The Morgan fingerprint density at radius 2 is 1.81 bits per heavy atom. The number of nitrogens with two attached hydrogens (primary N) is 1. The van der Waals surface area contributed by atoms with E-state index in [1.807, 2.05) is 79.7 Å². The minimum Gasteiger partial charge on any atom is -0.496 e. The molecule has 4 N–H and O–H groups in total. The van der Waals surface area contributed by atoms with Crippen LogP contribution in [0.25, 0.3) is 38.8 Å². The number of benzene rings is 3. The Labute approximate surface area is 243 Å². The molecule has 11 nitrogen and oxygen atoms in total. The molecule has 0 spiro atoms. The average molecular weight is 582 g/mol. The molecule has 0 aliphatic heterocycles. The highest BCUT2D eigenvalue weighted by Gasteiger charge is 2.24. The Bertz CT molecular complexity index is 2020. The smallest absolute Gasteiger partial charge is 0.263 e. The summed E-state index contributed by atoms with van der Waals surface area (Å²) in [4.78, 5) is 22.6. The predicted molar refractivity (Wildman–Crippen MR) is 163 cm³/mol. The first-order chi connectivity index (χ1) is 20.4. The van der Waals surface area contributed by atoms with Crippen molar-refractivity contribution in [3.05, 3.63) is 107 Å². The first-order valence-corrected chi connectivity index (χ1v) is 14.2. The van der Waals surface area contributed by atoms with Gasteiger partial charge in [-0.25, -0.2) is 23.6 Å². The van der Waals surface area contributed by atoms with Crippen LogP contribution in [0.15, 0.2) is 90.0 Å². The van der Waals surface area contributed by atoms with E-state index >= 15 is 0 Å². The fraction of sp³-hybridized carbons (Fsp3) is 0.133. The standard InChI is InChI=1S/C30H27N7O4S/c1-18(24-15-19-8-6-7-11-23(19)30(38)36(24)22-9-4-3-5-10-22)37-29-26(28(31)32-17-33-29)27(35-37)20-12-13-25(41-2)21(14-20)16-34-42(39)40/h3-15,17-18,34H,16H2,1-2H3,(H,39,40)(H2,31,32,33). The number of hydrogen-bond donors (Lipinski definition) is 3. The SMILES string of the molecule is COc1ccc(-c2nn(C(C)c3cc4ccccc4c(=O)n3-c3ccccc3)c3ncnc(N)c23)cc1CNS(=O)O. The van der Waals surface area contributed by atoms with E-state index in [0.717, 1.165) is 11.1 Å². The Kier molecular flexibility index (Phi) is 7.25. The molecule has 0 bridgehead atoms. The van der Waals surface area contributed by atoms with Crippen molar-refractivity contribution in [2.75, 3.05) is 12.8 Å². The molecule has 3 aromatic carbocycles. The Morgan fingerprint density at radius 3 is 2.57 bits per heavy atom. The van der Waals surface area contributed by atoms with Crippen molar-refractivity contribution in [3.8, 4) is 22.7 Å². The van der Waals surface area contributed by atoms with Gasteiger partial charge in [-0.05, 0) is 54.8 Å². The maximum atomic E-state index is 13.9. The van der Waals surface area contributed by atoms with Crippen molar-refractivity contribution in [1.82, 2.24) is 29.0 Å². The number of fused-ring (bicyclic) bond motifs is 2. The van der Waals surface area contributed by atoms with E-state index < -0.39 is 17.3 Å². The molecule has 0 fully saturated rings. The van der Waals surface area contributed by atoms with E-state index in [-0.39, 0.29) is 17.9 Å². The van der Waals surface area contributed by atoms with Crippen LogP contribution < -0.4 is 20.8 Å². The van der Waals surface area contributed by atoms with Gasteiger partial charge in [-0.2, -0.15) is 5.10 Å². The van der Waals surface area contributed by atoms with Gasteiger partial charge in [-0.3, -0.25) is 13.9 Å². The third-order valence-corrected chi connectivity index (χ3v) is 7.61. The second-order valence-electron chi connectivity index (χ2n) is 9.66. The highest BCUT2D eigenvalue weighted by molar-refractivity contribution is 7.77. The Hall–Kier alpha value is -4.91. The van der Waals surface area contributed by atoms with Gasteiger partial charge in [0.15, 0.2) is 5.65 Å². The fourth-order valence-corrected chi connectivity index (χ4v) is 5.51. The van der Waals surface area contributed by atoms with E-state index in [0.29, 0.717) is 44.7 Å². The lowest BCUT2D eigenvalue weighted by atomic mass is 10.1. The van der Waals surface area contributed by atoms with Gasteiger partial charge in [-0.1, -0.05) is 36.4 Å². The van der Waals surface area contributed by atoms with Gasteiger partial charge < -0.3 is 10.5 Å². The van der Waals surface area contributed by atoms with Gasteiger partial charge in [0.1, 0.15) is 23.6 Å². The number of methoxy groups -OCH3 is 1. The van der Waals surface area contributed by atoms with Crippen LogP contribution >= 0.6 is 0 Å². The second-order valence-corrected chi connectivity index (χ2v) is 10.4. The molecule has 0 radical (unpaired) electrons. The largest absolute Gasteiger partial charge is 0.496 e. The van der Waals surface area contributed by atoms with Crippen molar-refractivity contribution in [2.24, 2.45) is 0 Å². The van der Waals surface area contributed by atoms with Crippen LogP contribution in [0.3, 0.4) is 0 Å². The lowest BCUT2D eigenvalue weighted by Gasteiger charge is -2.20. The number of anilines is 1. The molecule has 12 heteroatoms. The minimum absolute atomic E-state index is 0.0849. The monoisotopic (exact) mass is 581 g/mol. The van der Waals surface area contributed by atoms with Crippen LogP contribution in [0.5, 0.6) is 5.75 Å². The molecule has 0 amide bonds. The molecule has 0 saturated heterocycles. The summed E-state index contributed by atoms with van der Waals surface area (Å²) in [6, 6.07) is 23.9. The molecule has 6 rings (SSSR count). The van der Waals surface area contributed by atoms with E-state index in [1.165, 1.54) is 13.4 Å². The number of ether oxygens (including phenoxy) is 1. The summed E-state index contributed by atoms with van der Waals surface area (Å²) in [7, 11) is 1.53. The predicted octanol–water partition coefficient (Wildman–Crippen LogP) is 4.22. The van der Waals surface area contributed by atoms with Crippen molar-refractivity contribution < 1.29 is 13.5 Å². The normalized spacial score (nSPS) is 12.9. The van der Waals surface area contributed by atoms with E-state index in [9.17, 15) is 13.6 Å². The van der Waals surface area contributed by atoms with Gasteiger partial charge in [0.25, 0.3) is 5.56 Å². The summed E-state index contributed by atoms with van der Waals surface area (Å²) in [5, 5.41) is 6.96. The topological polar surface area (TPSA) is 150 Å². The highest BCUT2D eigenvalue weighted by atomic mass is 32.2. The number of hydrogen-bond acceptors (Lipinski definition) is 7. The van der Waals surface area contributed by atoms with E-state index in [2.05, 4.69) is 14.7 Å². The molecule has 3 heterocycles. The third kappa shape index (κ3) is 4.81. The van der Waals surface area contributed by atoms with Gasteiger partial charge in [0.05, 0.1) is 24.2 Å². The maximum absolute atomic E-state index is 13.9. The summed E-state index contributed by atoms with van der Waals surface area (Å²) in [5.41, 5.74) is 10.1. The van der Waals surface area contributed by atoms with Gasteiger partial charge in [-0.15, -0.1) is 0 Å². The zero-order chi connectivity index (χ0) is 29.4. The molecule has 2 unspecified atom stereocenters. The van der Waals surface area contributed by atoms with Crippen LogP contribution in [0.2, 0.25) is 0 Å². The molecule has 0 aliphatic carbocycles. The zero-order valence-corrected chi connectivity index (χ0v) is 23.6. The number of pyridine rings is 1. The van der Waals surface area contributed by atoms with Crippen molar-refractivity contribution in [3.63, 3.8) is 0 Å². The molecule has 2 atom stereocenters.